The Morgan fingerprint density at radius 1 is 1.18 bits per heavy atom. The highest BCUT2D eigenvalue weighted by atomic mass is 19.1. The summed E-state index contributed by atoms with van der Waals surface area (Å²) in [5.74, 6) is -0.123. The second-order valence-corrected chi connectivity index (χ2v) is 8.53. The molecule has 1 aliphatic heterocycles. The Balaban J connectivity index is 1.45. The number of nitrogens with one attached hydrogen (secondary N) is 4. The van der Waals surface area contributed by atoms with E-state index in [2.05, 4.69) is 48.4 Å². The van der Waals surface area contributed by atoms with Crippen molar-refractivity contribution >= 4 is 29.2 Å². The smallest absolute Gasteiger partial charge is 0.256 e. The number of pyridine rings is 1. The monoisotopic (exact) mass is 463 g/mol. The van der Waals surface area contributed by atoms with Crippen LogP contribution in [0.3, 0.4) is 0 Å². The summed E-state index contributed by atoms with van der Waals surface area (Å²) in [6.07, 6.45) is 3.30. The zero-order valence-corrected chi connectivity index (χ0v) is 18.8. The molecule has 2 aliphatic rings. The van der Waals surface area contributed by atoms with Gasteiger partial charge in [-0.05, 0) is 68.1 Å². The molecule has 0 atom stereocenters. The fourth-order valence-electron chi connectivity index (χ4n) is 3.96. The van der Waals surface area contributed by atoms with Crippen LogP contribution in [0, 0.1) is 5.82 Å². The van der Waals surface area contributed by atoms with Gasteiger partial charge in [0.2, 0.25) is 5.95 Å². The molecule has 0 spiro atoms. The predicted octanol–water partition coefficient (Wildman–Crippen LogP) is 2.87. The number of hydrogen-bond acceptors (Lipinski definition) is 8. The summed E-state index contributed by atoms with van der Waals surface area (Å²) in [4.78, 5) is 25.7. The number of nitrogens with zero attached hydrogens (tertiary/aromatic N) is 3. The van der Waals surface area contributed by atoms with Crippen LogP contribution >= 0.6 is 0 Å². The van der Waals surface area contributed by atoms with Gasteiger partial charge in [0, 0.05) is 25.0 Å². The maximum atomic E-state index is 14.2. The van der Waals surface area contributed by atoms with E-state index < -0.39 is 11.4 Å². The molecule has 34 heavy (non-hydrogen) atoms. The van der Waals surface area contributed by atoms with E-state index in [4.69, 9.17) is 0 Å². The zero-order valence-electron chi connectivity index (χ0n) is 18.8. The van der Waals surface area contributed by atoms with Crippen LogP contribution in [0.5, 0.6) is 0 Å². The number of aromatic nitrogens is 3. The normalized spacial score (nSPS) is 15.9. The minimum Gasteiger partial charge on any atom is -0.383 e. The van der Waals surface area contributed by atoms with Crippen LogP contribution in [0.1, 0.15) is 46.9 Å². The Kier molecular flexibility index (Phi) is 5.84. The number of anilines is 4. The highest BCUT2D eigenvalue weighted by Gasteiger charge is 2.45. The SMILES string of the molecule is CCNC(=O)c1cnc(Nc2ccc3c(c2)CCNC3)nc1Nc1ccc(F)c(C2(O)CC2)n1. The number of benzene rings is 1. The van der Waals surface area contributed by atoms with E-state index in [-0.39, 0.29) is 28.8 Å². The molecule has 2 aromatic heterocycles. The van der Waals surface area contributed by atoms with E-state index in [1.54, 1.807) is 0 Å². The van der Waals surface area contributed by atoms with E-state index in [1.165, 1.54) is 29.5 Å². The summed E-state index contributed by atoms with van der Waals surface area (Å²) in [6.45, 7) is 4.04. The largest absolute Gasteiger partial charge is 0.383 e. The van der Waals surface area contributed by atoms with Gasteiger partial charge in [0.1, 0.15) is 34.3 Å². The predicted molar refractivity (Wildman–Crippen MR) is 126 cm³/mol. The van der Waals surface area contributed by atoms with E-state index in [1.807, 2.05) is 13.0 Å². The number of carbonyl (C=O) groups is 1. The first kappa shape index (κ1) is 22.2. The topological polar surface area (TPSA) is 124 Å². The van der Waals surface area contributed by atoms with Gasteiger partial charge in [0.25, 0.3) is 5.91 Å². The molecule has 5 rings (SSSR count). The molecule has 10 heteroatoms. The van der Waals surface area contributed by atoms with Crippen LogP contribution in [0.15, 0.2) is 36.5 Å². The fraction of sp³-hybridized carbons (Fsp3) is 0.333. The molecule has 0 unspecified atom stereocenters. The zero-order chi connectivity index (χ0) is 23.7. The molecule has 3 aromatic rings. The molecule has 0 radical (unpaired) electrons. The number of amides is 1. The molecule has 1 fully saturated rings. The van der Waals surface area contributed by atoms with E-state index in [9.17, 15) is 14.3 Å². The molecule has 0 bridgehead atoms. The molecule has 1 aliphatic carbocycles. The summed E-state index contributed by atoms with van der Waals surface area (Å²) in [5, 5.41) is 22.6. The minimum absolute atomic E-state index is 0.00647. The molecule has 5 N–H and O–H groups in total. The van der Waals surface area contributed by atoms with Gasteiger partial charge in [-0.25, -0.2) is 14.4 Å². The van der Waals surface area contributed by atoms with Crippen molar-refractivity contribution in [2.24, 2.45) is 0 Å². The van der Waals surface area contributed by atoms with Crippen molar-refractivity contribution in [1.82, 2.24) is 25.6 Å². The van der Waals surface area contributed by atoms with Gasteiger partial charge >= 0.3 is 0 Å². The number of fused-ring (bicyclic) bond motifs is 1. The lowest BCUT2D eigenvalue weighted by molar-refractivity contribution is 0.0956. The van der Waals surface area contributed by atoms with E-state index >= 15 is 0 Å². The Morgan fingerprint density at radius 3 is 2.82 bits per heavy atom. The Morgan fingerprint density at radius 2 is 2.03 bits per heavy atom. The molecule has 1 saturated carbocycles. The first-order valence-electron chi connectivity index (χ1n) is 11.4. The van der Waals surface area contributed by atoms with Crippen LogP contribution < -0.4 is 21.3 Å². The maximum absolute atomic E-state index is 14.2. The third kappa shape index (κ3) is 4.55. The van der Waals surface area contributed by atoms with Gasteiger partial charge in [-0.1, -0.05) is 6.07 Å². The molecular weight excluding hydrogens is 437 g/mol. The molecule has 3 heterocycles. The Bertz CT molecular complexity index is 1250. The van der Waals surface area contributed by atoms with Crippen LogP contribution in [0.25, 0.3) is 0 Å². The lowest BCUT2D eigenvalue weighted by Crippen LogP contribution is -2.24. The summed E-state index contributed by atoms with van der Waals surface area (Å²) in [5.41, 5.74) is 2.36. The van der Waals surface area contributed by atoms with Crippen LogP contribution in [-0.4, -0.2) is 39.1 Å². The third-order valence-corrected chi connectivity index (χ3v) is 5.98. The van der Waals surface area contributed by atoms with Gasteiger partial charge < -0.3 is 26.4 Å². The summed E-state index contributed by atoms with van der Waals surface area (Å²) < 4.78 is 14.2. The van der Waals surface area contributed by atoms with Crippen LogP contribution in [0.4, 0.5) is 27.7 Å². The van der Waals surface area contributed by atoms with Crippen LogP contribution in [-0.2, 0) is 18.6 Å². The molecule has 176 valence electrons. The summed E-state index contributed by atoms with van der Waals surface area (Å²) >= 11 is 0. The van der Waals surface area contributed by atoms with Gasteiger partial charge in [0.05, 0.1) is 0 Å². The average molecular weight is 464 g/mol. The Labute approximate surface area is 196 Å². The van der Waals surface area contributed by atoms with Crippen molar-refractivity contribution in [3.8, 4) is 0 Å². The first-order valence-corrected chi connectivity index (χ1v) is 11.4. The highest BCUT2D eigenvalue weighted by Crippen LogP contribution is 2.45. The average Bonchev–Trinajstić information content (AvgIpc) is 3.58. The number of aliphatic hydroxyl groups is 1. The second kappa shape index (κ2) is 8.96. The van der Waals surface area contributed by atoms with Crippen LogP contribution in [0.2, 0.25) is 0 Å². The quantitative estimate of drug-likeness (QED) is 0.362. The molecule has 1 amide bonds. The van der Waals surface area contributed by atoms with Crippen molar-refractivity contribution < 1.29 is 14.3 Å². The van der Waals surface area contributed by atoms with E-state index in [0.717, 1.165) is 25.2 Å². The third-order valence-electron chi connectivity index (χ3n) is 5.98. The van der Waals surface area contributed by atoms with Gasteiger partial charge in [0.15, 0.2) is 0 Å². The van der Waals surface area contributed by atoms with Gasteiger partial charge in [-0.3, -0.25) is 4.79 Å². The van der Waals surface area contributed by atoms with Crippen molar-refractivity contribution in [3.05, 3.63) is 64.7 Å². The van der Waals surface area contributed by atoms with Crippen molar-refractivity contribution in [3.63, 3.8) is 0 Å². The second-order valence-electron chi connectivity index (χ2n) is 8.53. The lowest BCUT2D eigenvalue weighted by atomic mass is 10.0. The molecule has 9 nitrogen and oxygen atoms in total. The number of rotatable bonds is 7. The van der Waals surface area contributed by atoms with Crippen molar-refractivity contribution in [2.45, 2.75) is 38.3 Å². The van der Waals surface area contributed by atoms with Gasteiger partial charge in [-0.15, -0.1) is 0 Å². The summed E-state index contributed by atoms with van der Waals surface area (Å²) in [7, 11) is 0. The number of carbonyl (C=O) groups excluding carboxylic acids is 1. The molecular formula is C24H26FN7O2. The maximum Gasteiger partial charge on any atom is 0.256 e. The summed E-state index contributed by atoms with van der Waals surface area (Å²) in [6, 6.07) is 8.80. The van der Waals surface area contributed by atoms with Crippen molar-refractivity contribution in [2.75, 3.05) is 23.7 Å². The molecule has 1 aromatic carbocycles. The lowest BCUT2D eigenvalue weighted by Gasteiger charge is -2.18. The molecule has 0 saturated heterocycles. The highest BCUT2D eigenvalue weighted by molar-refractivity contribution is 5.99. The minimum atomic E-state index is -1.23. The standard InChI is InChI=1S/C24H26FN7O2/c1-2-27-22(33)17-13-28-23(29-16-4-3-15-12-26-10-7-14(15)11-16)32-21(17)31-19-6-5-18(25)20(30-19)24(34)8-9-24/h3-6,11,13,26,34H,2,7-10,12H2,1H3,(H,27,33)(H2,28,29,30,31,32). The number of halogens is 1. The van der Waals surface area contributed by atoms with Gasteiger partial charge in [-0.2, -0.15) is 4.98 Å². The first-order chi connectivity index (χ1) is 16.4. The Hall–Kier alpha value is -3.63. The van der Waals surface area contributed by atoms with Crippen molar-refractivity contribution in [1.29, 1.82) is 0 Å². The number of hydrogen-bond donors (Lipinski definition) is 5. The van der Waals surface area contributed by atoms with E-state index in [0.29, 0.717) is 25.3 Å². The fourth-order valence-corrected chi connectivity index (χ4v) is 3.96.